The molecule has 20 rings (SSSR count). The van der Waals surface area contributed by atoms with Gasteiger partial charge in [-0.2, -0.15) is 0 Å². The van der Waals surface area contributed by atoms with Gasteiger partial charge >= 0.3 is 0 Å². The summed E-state index contributed by atoms with van der Waals surface area (Å²) in [6, 6.07) is 132. The van der Waals surface area contributed by atoms with Crippen LogP contribution in [0.3, 0.4) is 0 Å². The van der Waals surface area contributed by atoms with Gasteiger partial charge in [-0.3, -0.25) is 39.9 Å². The van der Waals surface area contributed by atoms with Crippen LogP contribution in [0, 0.1) is 0 Å². The zero-order valence-electron chi connectivity index (χ0n) is 62.8. The van der Waals surface area contributed by atoms with Gasteiger partial charge in [0.2, 0.25) is 0 Å². The second-order valence-electron chi connectivity index (χ2n) is 28.1. The summed E-state index contributed by atoms with van der Waals surface area (Å²) in [5.41, 5.74) is 23.4. The van der Waals surface area contributed by atoms with Crippen LogP contribution in [0.2, 0.25) is 0 Å². The van der Waals surface area contributed by atoms with E-state index in [0.717, 1.165) is 191 Å². The molecule has 0 aliphatic heterocycles. The quantitative estimate of drug-likeness (QED) is 0.0677. The molecular weight excluding hydrogens is 1420 g/mol. The fraction of sp³-hybridized carbons (Fsp3) is 0. The van der Waals surface area contributed by atoms with Gasteiger partial charge in [0, 0.05) is 126 Å². The Morgan fingerprint density at radius 2 is 0.267 bits per heavy atom. The van der Waals surface area contributed by atoms with Crippen molar-refractivity contribution in [2.75, 3.05) is 19.6 Å². The molecule has 0 aliphatic rings. The second-order valence-corrected chi connectivity index (χ2v) is 28.1. The van der Waals surface area contributed by atoms with Gasteiger partial charge in [-0.25, -0.2) is 0 Å². The molecule has 0 radical (unpaired) electrons. The molecule has 0 atom stereocenters. The third-order valence-electron chi connectivity index (χ3n) is 21.4. The van der Waals surface area contributed by atoms with Crippen LogP contribution in [-0.2, 0) is 0 Å². The third-order valence-corrected chi connectivity index (χ3v) is 21.4. The Morgan fingerprint density at radius 1 is 0.129 bits per heavy atom. The summed E-state index contributed by atoms with van der Waals surface area (Å²) in [4.78, 5) is 52.8. The zero-order chi connectivity index (χ0) is 77.1. The lowest BCUT2D eigenvalue weighted by Gasteiger charge is -2.36. The average Bonchev–Trinajstić information content (AvgIpc) is 0.694. The molecule has 0 saturated carbocycles. The molecule has 0 bridgehead atoms. The van der Waals surface area contributed by atoms with Crippen molar-refractivity contribution in [1.29, 1.82) is 0 Å². The maximum atomic E-state index is 5.40. The summed E-state index contributed by atoms with van der Waals surface area (Å²) in [6.07, 6.45) is 15.1. The van der Waals surface area contributed by atoms with E-state index in [-0.39, 0.29) is 0 Å². The van der Waals surface area contributed by atoms with Crippen LogP contribution in [0.25, 0.3) is 122 Å². The van der Waals surface area contributed by atoms with Gasteiger partial charge in [-0.15, -0.1) is 0 Å². The molecule has 8 heterocycles. The van der Waals surface area contributed by atoms with Crippen LogP contribution < -0.4 is 19.6 Å². The van der Waals surface area contributed by atoms with Gasteiger partial charge in [-0.1, -0.05) is 267 Å². The van der Waals surface area contributed by atoms with E-state index in [2.05, 4.69) is 347 Å². The van der Waals surface area contributed by atoms with E-state index in [4.69, 9.17) is 39.9 Å². The highest BCUT2D eigenvalue weighted by molar-refractivity contribution is 6.33. The first kappa shape index (κ1) is 69.3. The number of benzene rings is 12. The molecule has 0 aliphatic carbocycles. The van der Waals surface area contributed by atoms with Crippen molar-refractivity contribution in [3.8, 4) is 90.1 Å². The Labute approximate surface area is 671 Å². The highest BCUT2D eigenvalue weighted by Gasteiger charge is 2.35. The van der Waals surface area contributed by atoms with Gasteiger partial charge in [0.25, 0.3) is 0 Å². The normalized spacial score (nSPS) is 11.3. The molecule has 116 heavy (non-hydrogen) atoms. The third kappa shape index (κ3) is 12.7. The Balaban J connectivity index is 1.03. The van der Waals surface area contributed by atoms with E-state index in [1.165, 1.54) is 0 Å². The molecule has 0 fully saturated rings. The molecule has 0 spiro atoms. The Kier molecular flexibility index (Phi) is 18.4. The topological polar surface area (TPSA) is 116 Å². The minimum absolute atomic E-state index is 0.765. The highest BCUT2D eigenvalue weighted by atomic mass is 15.2. The van der Waals surface area contributed by atoms with E-state index in [9.17, 15) is 0 Å². The monoisotopic (exact) mass is 1490 g/mol. The van der Waals surface area contributed by atoms with E-state index >= 15 is 0 Å². The van der Waals surface area contributed by atoms with Crippen LogP contribution in [0.4, 0.5) is 68.2 Å². The summed E-state index contributed by atoms with van der Waals surface area (Å²) in [5, 5.41) is 5.59. The molecule has 8 aromatic heterocycles. The molecule has 546 valence electrons. The predicted molar refractivity (Wildman–Crippen MR) is 475 cm³/mol. The molecule has 0 unspecified atom stereocenters. The molecule has 12 heteroatoms. The van der Waals surface area contributed by atoms with E-state index in [1.807, 2.05) is 98.1 Å². The first-order chi connectivity index (χ1) is 57.7. The molecule has 0 saturated heterocycles. The van der Waals surface area contributed by atoms with Crippen molar-refractivity contribution in [2.24, 2.45) is 0 Å². The summed E-state index contributed by atoms with van der Waals surface area (Å²) in [5.74, 6) is 0. The van der Waals surface area contributed by atoms with Crippen molar-refractivity contribution in [1.82, 2.24) is 39.9 Å². The molecule has 0 amide bonds. The number of rotatable bonds is 20. The van der Waals surface area contributed by atoms with Crippen molar-refractivity contribution >= 4 is 101 Å². The maximum Gasteiger partial charge on any atom is 0.0942 e. The minimum atomic E-state index is 0.765. The lowest BCUT2D eigenvalue weighted by Crippen LogP contribution is -2.18. The van der Waals surface area contributed by atoms with Crippen LogP contribution in [0.5, 0.6) is 0 Å². The van der Waals surface area contributed by atoms with Gasteiger partial charge in [-0.05, 0) is 109 Å². The minimum Gasteiger partial charge on any atom is -0.305 e. The van der Waals surface area contributed by atoms with Gasteiger partial charge in [0.1, 0.15) is 0 Å². The van der Waals surface area contributed by atoms with E-state index < -0.39 is 0 Å². The Hall–Kier alpha value is -15.9. The van der Waals surface area contributed by atoms with Crippen molar-refractivity contribution < 1.29 is 0 Å². The lowest BCUT2D eigenvalue weighted by molar-refractivity contribution is 1.19. The zero-order valence-corrected chi connectivity index (χ0v) is 62.8. The SMILES string of the molecule is c1ccc(-c2ncccc2N(c2cccnc2-c2ccccc2)c2cc(N(c3cccnc3-c3ccccc3)c3cccnc3-c3ccccc3)c3ccc4c(N(c5cccnc5-c5ccccc5)c5cccnc5-c5ccccc5)cc(N(c5cccnc5-c5ccccc5)c5cccnc5-c5ccccc5)c5ccc2c3c54)cc1. The van der Waals surface area contributed by atoms with E-state index in [1.54, 1.807) is 0 Å². The summed E-state index contributed by atoms with van der Waals surface area (Å²) in [7, 11) is 0. The van der Waals surface area contributed by atoms with Crippen LogP contribution >= 0.6 is 0 Å². The Morgan fingerprint density at radius 3 is 0.405 bits per heavy atom. The number of hydrogen-bond acceptors (Lipinski definition) is 12. The van der Waals surface area contributed by atoms with Gasteiger partial charge in [0.15, 0.2) is 0 Å². The molecule has 0 N–H and O–H groups in total. The number of anilines is 12. The summed E-state index contributed by atoms with van der Waals surface area (Å²) in [6.45, 7) is 0. The average molecular weight is 1490 g/mol. The van der Waals surface area contributed by atoms with Crippen molar-refractivity contribution in [3.05, 3.63) is 426 Å². The molecule has 12 nitrogen and oxygen atoms in total. The van der Waals surface area contributed by atoms with Crippen molar-refractivity contribution in [2.45, 2.75) is 0 Å². The van der Waals surface area contributed by atoms with E-state index in [0.29, 0.717) is 0 Å². The van der Waals surface area contributed by atoms with Crippen LogP contribution in [-0.4, -0.2) is 39.9 Å². The predicted octanol–water partition coefficient (Wildman–Crippen LogP) is 27.0. The molecule has 20 aromatic rings. The number of nitrogens with zero attached hydrogens (tertiary/aromatic N) is 12. The summed E-state index contributed by atoms with van der Waals surface area (Å²) < 4.78 is 0. The highest BCUT2D eigenvalue weighted by Crippen LogP contribution is 2.59. The van der Waals surface area contributed by atoms with Crippen LogP contribution in [0.1, 0.15) is 0 Å². The number of aromatic nitrogens is 8. The Bertz CT molecular complexity index is 5750. The first-order valence-electron chi connectivity index (χ1n) is 38.7. The second kappa shape index (κ2) is 30.7. The number of pyridine rings is 8. The van der Waals surface area contributed by atoms with Crippen molar-refractivity contribution in [3.63, 3.8) is 0 Å². The standard InChI is InChI=1S/C104H70N12/c1-9-33-71(34-10-1)97-83(49-25-61-105-97)113(84-50-26-62-106-98(84)72-35-11-2-12-36-72)91-69-92(114(85-51-27-63-107-99(85)73-37-13-3-14-38-73)86-52-28-64-108-100(86)74-39-15-4-16-40-74)80-59-60-82-94(116(89-55-31-67-111-103(89)77-45-21-7-22-46-77)90-56-32-68-112-104(90)78-47-23-8-24-48-78)70-93(81-58-57-79(91)95(80)96(81)82)115(87-53-29-65-109-101(87)75-41-17-5-18-42-75)88-54-30-66-110-102(88)76-43-19-6-20-44-76/h1-70H. The fourth-order valence-corrected chi connectivity index (χ4v) is 16.4. The van der Waals surface area contributed by atoms with Gasteiger partial charge in [0.05, 0.1) is 114 Å². The number of hydrogen-bond donors (Lipinski definition) is 0. The van der Waals surface area contributed by atoms with Gasteiger partial charge < -0.3 is 19.6 Å². The largest absolute Gasteiger partial charge is 0.305 e. The van der Waals surface area contributed by atoms with Crippen LogP contribution in [0.15, 0.2) is 426 Å². The first-order valence-corrected chi connectivity index (χ1v) is 38.7. The maximum absolute atomic E-state index is 5.40. The fourth-order valence-electron chi connectivity index (χ4n) is 16.4. The molecular formula is C104H70N12. The smallest absolute Gasteiger partial charge is 0.0942 e. The molecule has 12 aromatic carbocycles. The summed E-state index contributed by atoms with van der Waals surface area (Å²) >= 11 is 0. The lowest BCUT2D eigenvalue weighted by atomic mass is 9.88.